The summed E-state index contributed by atoms with van der Waals surface area (Å²) >= 11 is 0. The van der Waals surface area contributed by atoms with Gasteiger partial charge in [0.05, 0.1) is 18.2 Å². The monoisotopic (exact) mass is 371 g/mol. The van der Waals surface area contributed by atoms with E-state index in [4.69, 9.17) is 4.74 Å². The molecule has 0 unspecified atom stereocenters. The molecular weight excluding hydrogens is 354 g/mol. The molecule has 1 amide bonds. The van der Waals surface area contributed by atoms with Gasteiger partial charge in [0, 0.05) is 17.3 Å². The Bertz CT molecular complexity index is 1150. The number of amides is 1. The summed E-state index contributed by atoms with van der Waals surface area (Å²) in [6, 6.07) is 21.6. The Hall–Kier alpha value is -3.93. The zero-order valence-corrected chi connectivity index (χ0v) is 15.1. The van der Waals surface area contributed by atoms with E-state index in [1.165, 1.54) is 7.11 Å². The fraction of sp³-hybridized carbons (Fsp3) is 0.0455. The molecule has 138 valence electrons. The number of benzene rings is 2. The van der Waals surface area contributed by atoms with Gasteiger partial charge in [0.1, 0.15) is 11.5 Å². The highest BCUT2D eigenvalue weighted by Crippen LogP contribution is 2.26. The number of nitrogens with one attached hydrogen (secondary N) is 1. The number of esters is 1. The number of ether oxygens (including phenoxy) is 1. The van der Waals surface area contributed by atoms with Crippen LogP contribution in [0.25, 0.3) is 16.7 Å². The second-order valence-corrected chi connectivity index (χ2v) is 6.14. The Balaban J connectivity index is 1.87. The van der Waals surface area contributed by atoms with Crippen LogP contribution in [0.4, 0.5) is 5.69 Å². The quantitative estimate of drug-likeness (QED) is 0.549. The van der Waals surface area contributed by atoms with E-state index in [9.17, 15) is 9.59 Å². The van der Waals surface area contributed by atoms with Gasteiger partial charge in [-0.1, -0.05) is 30.3 Å². The third-order valence-corrected chi connectivity index (χ3v) is 4.37. The van der Waals surface area contributed by atoms with Crippen molar-refractivity contribution in [2.24, 2.45) is 0 Å². The minimum Gasteiger partial charge on any atom is -0.465 e. The molecule has 0 fully saturated rings. The number of anilines is 1. The highest BCUT2D eigenvalue weighted by atomic mass is 16.5. The Kier molecular flexibility index (Phi) is 4.60. The fourth-order valence-corrected chi connectivity index (χ4v) is 3.06. The molecule has 4 rings (SSSR count). The number of carbonyl (C=O) groups is 2. The standard InChI is InChI=1S/C22H17N3O3/c1-28-22(27)16-11-10-15-13-19(21(26)24-17-7-3-2-4-8-17)25(18(15)14-16)20-9-5-6-12-23-20/h2-14H,1H3,(H,24,26). The van der Waals surface area contributed by atoms with Crippen LogP contribution < -0.4 is 5.32 Å². The van der Waals surface area contributed by atoms with E-state index < -0.39 is 5.97 Å². The summed E-state index contributed by atoms with van der Waals surface area (Å²) in [5.74, 6) is -0.128. The number of nitrogens with zero attached hydrogens (tertiary/aromatic N) is 2. The molecule has 28 heavy (non-hydrogen) atoms. The van der Waals surface area contributed by atoms with E-state index in [-0.39, 0.29) is 5.91 Å². The van der Waals surface area contributed by atoms with Crippen molar-refractivity contribution < 1.29 is 14.3 Å². The number of carbonyl (C=O) groups excluding carboxylic acids is 2. The molecule has 0 radical (unpaired) electrons. The first-order valence-electron chi connectivity index (χ1n) is 8.69. The first-order chi connectivity index (χ1) is 13.7. The van der Waals surface area contributed by atoms with E-state index in [1.54, 1.807) is 41.1 Å². The van der Waals surface area contributed by atoms with Crippen LogP contribution in [-0.2, 0) is 4.74 Å². The van der Waals surface area contributed by atoms with Gasteiger partial charge in [-0.15, -0.1) is 0 Å². The normalized spacial score (nSPS) is 10.6. The molecule has 0 aliphatic carbocycles. The first kappa shape index (κ1) is 17.5. The van der Waals surface area contributed by atoms with Crippen LogP contribution >= 0.6 is 0 Å². The molecule has 0 atom stereocenters. The van der Waals surface area contributed by atoms with Crippen LogP contribution in [0, 0.1) is 0 Å². The predicted molar refractivity (Wildman–Crippen MR) is 107 cm³/mol. The SMILES string of the molecule is COC(=O)c1ccc2cc(C(=O)Nc3ccccc3)n(-c3ccccn3)c2c1. The topological polar surface area (TPSA) is 73.2 Å². The number of para-hydroxylation sites is 1. The zero-order valence-electron chi connectivity index (χ0n) is 15.1. The van der Waals surface area contributed by atoms with Gasteiger partial charge in [-0.2, -0.15) is 0 Å². The summed E-state index contributed by atoms with van der Waals surface area (Å²) in [6.07, 6.45) is 1.66. The van der Waals surface area contributed by atoms with E-state index in [0.29, 0.717) is 28.3 Å². The van der Waals surface area contributed by atoms with Crippen molar-refractivity contribution in [1.29, 1.82) is 0 Å². The zero-order chi connectivity index (χ0) is 19.5. The molecule has 6 heteroatoms. The number of pyridine rings is 1. The van der Waals surface area contributed by atoms with Crippen molar-refractivity contribution in [1.82, 2.24) is 9.55 Å². The van der Waals surface area contributed by atoms with Crippen molar-refractivity contribution in [2.45, 2.75) is 0 Å². The lowest BCUT2D eigenvalue weighted by Crippen LogP contribution is -2.16. The van der Waals surface area contributed by atoms with Gasteiger partial charge in [0.15, 0.2) is 0 Å². The van der Waals surface area contributed by atoms with Gasteiger partial charge >= 0.3 is 5.97 Å². The number of aromatic nitrogens is 2. The number of hydrogen-bond acceptors (Lipinski definition) is 4. The Labute approximate surface area is 161 Å². The second-order valence-electron chi connectivity index (χ2n) is 6.14. The van der Waals surface area contributed by atoms with Crippen LogP contribution in [0.15, 0.2) is 79.0 Å². The Morgan fingerprint density at radius 3 is 2.46 bits per heavy atom. The minimum absolute atomic E-state index is 0.271. The average molecular weight is 371 g/mol. The van der Waals surface area contributed by atoms with Gasteiger partial charge in [0.25, 0.3) is 5.91 Å². The van der Waals surface area contributed by atoms with E-state index >= 15 is 0 Å². The maximum absolute atomic E-state index is 13.0. The minimum atomic E-state index is -0.439. The molecule has 0 aliphatic heterocycles. The van der Waals surface area contributed by atoms with Crippen molar-refractivity contribution in [3.8, 4) is 5.82 Å². The lowest BCUT2D eigenvalue weighted by Gasteiger charge is -2.11. The van der Waals surface area contributed by atoms with Crippen LogP contribution in [0.1, 0.15) is 20.8 Å². The number of methoxy groups -OCH3 is 1. The van der Waals surface area contributed by atoms with Crippen LogP contribution in [0.2, 0.25) is 0 Å². The third-order valence-electron chi connectivity index (χ3n) is 4.37. The maximum Gasteiger partial charge on any atom is 0.337 e. The number of fused-ring (bicyclic) bond motifs is 1. The lowest BCUT2D eigenvalue weighted by atomic mass is 10.1. The second kappa shape index (κ2) is 7.36. The fourth-order valence-electron chi connectivity index (χ4n) is 3.06. The van der Waals surface area contributed by atoms with Crippen molar-refractivity contribution in [2.75, 3.05) is 12.4 Å². The largest absolute Gasteiger partial charge is 0.465 e. The summed E-state index contributed by atoms with van der Waals surface area (Å²) in [7, 11) is 1.34. The van der Waals surface area contributed by atoms with E-state index in [1.807, 2.05) is 42.5 Å². The molecule has 0 saturated heterocycles. The summed E-state index contributed by atoms with van der Waals surface area (Å²) in [5, 5.41) is 3.71. The number of rotatable bonds is 4. The lowest BCUT2D eigenvalue weighted by molar-refractivity contribution is 0.0600. The van der Waals surface area contributed by atoms with Crippen LogP contribution in [-0.4, -0.2) is 28.5 Å². The van der Waals surface area contributed by atoms with Gasteiger partial charge in [-0.05, 0) is 42.5 Å². The molecule has 0 saturated carbocycles. The third kappa shape index (κ3) is 3.23. The van der Waals surface area contributed by atoms with Crippen molar-refractivity contribution in [3.63, 3.8) is 0 Å². The van der Waals surface area contributed by atoms with Gasteiger partial charge < -0.3 is 10.1 Å². The van der Waals surface area contributed by atoms with E-state index in [2.05, 4.69) is 10.3 Å². The van der Waals surface area contributed by atoms with Gasteiger partial charge in [0.2, 0.25) is 0 Å². The Morgan fingerprint density at radius 2 is 1.75 bits per heavy atom. The maximum atomic E-state index is 13.0. The summed E-state index contributed by atoms with van der Waals surface area (Å²) in [6.45, 7) is 0. The molecule has 1 N–H and O–H groups in total. The highest BCUT2D eigenvalue weighted by Gasteiger charge is 2.19. The van der Waals surface area contributed by atoms with Gasteiger partial charge in [-0.3, -0.25) is 9.36 Å². The molecule has 0 aliphatic rings. The van der Waals surface area contributed by atoms with Crippen molar-refractivity contribution in [3.05, 3.63) is 90.3 Å². The summed E-state index contributed by atoms with van der Waals surface area (Å²) in [4.78, 5) is 29.3. The summed E-state index contributed by atoms with van der Waals surface area (Å²) in [5.41, 5.74) is 2.21. The average Bonchev–Trinajstić information content (AvgIpc) is 3.13. The highest BCUT2D eigenvalue weighted by molar-refractivity contribution is 6.07. The molecule has 6 nitrogen and oxygen atoms in total. The van der Waals surface area contributed by atoms with Crippen molar-refractivity contribution >= 4 is 28.5 Å². The molecule has 0 spiro atoms. The molecule has 2 aromatic heterocycles. The van der Waals surface area contributed by atoms with Crippen LogP contribution in [0.3, 0.4) is 0 Å². The molecule has 4 aromatic rings. The molecule has 2 heterocycles. The van der Waals surface area contributed by atoms with Crippen LogP contribution in [0.5, 0.6) is 0 Å². The molecular formula is C22H17N3O3. The molecule has 0 bridgehead atoms. The van der Waals surface area contributed by atoms with Gasteiger partial charge in [-0.25, -0.2) is 9.78 Å². The summed E-state index contributed by atoms with van der Waals surface area (Å²) < 4.78 is 6.56. The Morgan fingerprint density at radius 1 is 0.964 bits per heavy atom. The first-order valence-corrected chi connectivity index (χ1v) is 8.69. The molecule has 2 aromatic carbocycles. The predicted octanol–water partition coefficient (Wildman–Crippen LogP) is 4.06. The number of hydrogen-bond donors (Lipinski definition) is 1. The smallest absolute Gasteiger partial charge is 0.337 e. The van der Waals surface area contributed by atoms with E-state index in [0.717, 1.165) is 5.39 Å².